The van der Waals surface area contributed by atoms with Gasteiger partial charge in [-0.15, -0.1) is 0 Å². The highest BCUT2D eigenvalue weighted by atomic mass is 32.2. The number of piperidine rings is 1. The lowest BCUT2D eigenvalue weighted by molar-refractivity contribution is 0.160. The third kappa shape index (κ3) is 6.64. The highest BCUT2D eigenvalue weighted by molar-refractivity contribution is 7.99. The molecule has 1 rings (SSSR count). The van der Waals surface area contributed by atoms with Crippen molar-refractivity contribution in [1.82, 2.24) is 9.62 Å². The van der Waals surface area contributed by atoms with Crippen LogP contribution in [0, 0.1) is 0 Å². The minimum absolute atomic E-state index is 0.385. The molecule has 1 atom stereocenters. The number of nitrogens with one attached hydrogen (secondary N) is 1. The van der Waals surface area contributed by atoms with E-state index in [-0.39, 0.29) is 0 Å². The van der Waals surface area contributed by atoms with Crippen LogP contribution < -0.4 is 4.72 Å². The normalized spacial score (nSPS) is 22.8. The quantitative estimate of drug-likeness (QED) is 0.711. The second-order valence-corrected chi connectivity index (χ2v) is 7.73. The molecule has 6 heteroatoms. The zero-order valence-electron chi connectivity index (χ0n) is 10.8. The van der Waals surface area contributed by atoms with E-state index >= 15 is 0 Å². The Balaban J connectivity index is 2.37. The zero-order chi connectivity index (χ0) is 12.7. The maximum absolute atomic E-state index is 11.1. The van der Waals surface area contributed by atoms with E-state index in [0.29, 0.717) is 12.6 Å². The summed E-state index contributed by atoms with van der Waals surface area (Å²) >= 11 is 1.95. The van der Waals surface area contributed by atoms with Crippen LogP contribution in [0.15, 0.2) is 0 Å². The van der Waals surface area contributed by atoms with E-state index in [1.165, 1.54) is 19.1 Å². The van der Waals surface area contributed by atoms with Crippen molar-refractivity contribution in [3.63, 3.8) is 0 Å². The fraction of sp³-hybridized carbons (Fsp3) is 1.00. The molecular formula is C11H24N2O2S2. The van der Waals surface area contributed by atoms with Gasteiger partial charge in [-0.2, -0.15) is 11.8 Å². The smallest absolute Gasteiger partial charge is 0.208 e. The first kappa shape index (κ1) is 15.3. The van der Waals surface area contributed by atoms with Gasteiger partial charge in [0.15, 0.2) is 0 Å². The third-order valence-corrected chi connectivity index (χ3v) is 4.63. The van der Waals surface area contributed by atoms with E-state index in [0.717, 1.165) is 31.0 Å². The van der Waals surface area contributed by atoms with Crippen LogP contribution in [0.1, 0.15) is 26.2 Å². The number of hydrogen-bond donors (Lipinski definition) is 1. The summed E-state index contributed by atoms with van der Waals surface area (Å²) in [5, 5.41) is 0. The first-order valence-corrected chi connectivity index (χ1v) is 9.34. The molecule has 1 unspecified atom stereocenters. The van der Waals surface area contributed by atoms with Crippen molar-refractivity contribution in [3.05, 3.63) is 0 Å². The summed E-state index contributed by atoms with van der Waals surface area (Å²) in [4.78, 5) is 2.43. The molecular weight excluding hydrogens is 256 g/mol. The van der Waals surface area contributed by atoms with E-state index in [1.54, 1.807) is 0 Å². The van der Waals surface area contributed by atoms with E-state index in [9.17, 15) is 8.42 Å². The van der Waals surface area contributed by atoms with E-state index in [4.69, 9.17) is 0 Å². The molecule has 0 aromatic heterocycles. The predicted octanol–water partition coefficient (Wildman–Crippen LogP) is 1.14. The first-order valence-electron chi connectivity index (χ1n) is 6.29. The molecule has 4 nitrogen and oxygen atoms in total. The minimum atomic E-state index is -3.05. The largest absolute Gasteiger partial charge is 0.298 e. The SMILES string of the molecule is CCSCCN1CCCCC1CNS(C)(=O)=O. The molecule has 0 spiro atoms. The molecule has 0 aliphatic carbocycles. The highest BCUT2D eigenvalue weighted by Gasteiger charge is 2.22. The van der Waals surface area contributed by atoms with Crippen LogP contribution in [-0.2, 0) is 10.0 Å². The molecule has 102 valence electrons. The Kier molecular flexibility index (Phi) is 6.84. The molecule has 1 saturated heterocycles. The first-order chi connectivity index (χ1) is 8.03. The molecule has 0 radical (unpaired) electrons. The fourth-order valence-corrected chi connectivity index (χ4v) is 3.31. The average Bonchev–Trinajstić information content (AvgIpc) is 2.27. The molecule has 1 N–H and O–H groups in total. The standard InChI is InChI=1S/C11H24N2O2S2/c1-3-16-9-8-13-7-5-4-6-11(13)10-12-17(2,14)15/h11-12H,3-10H2,1-2H3. The van der Waals surface area contributed by atoms with E-state index in [2.05, 4.69) is 16.5 Å². The number of hydrogen-bond acceptors (Lipinski definition) is 4. The molecule has 0 bridgehead atoms. The van der Waals surface area contributed by atoms with Crippen molar-refractivity contribution < 1.29 is 8.42 Å². The van der Waals surface area contributed by atoms with Crippen LogP contribution in [0.3, 0.4) is 0 Å². The highest BCUT2D eigenvalue weighted by Crippen LogP contribution is 2.17. The zero-order valence-corrected chi connectivity index (χ0v) is 12.4. The van der Waals surface area contributed by atoms with Gasteiger partial charge in [-0.05, 0) is 25.1 Å². The molecule has 0 amide bonds. The number of likely N-dealkylation sites (tertiary alicyclic amines) is 1. The van der Waals surface area contributed by atoms with Gasteiger partial charge in [0, 0.05) is 24.9 Å². The van der Waals surface area contributed by atoms with Gasteiger partial charge in [0.25, 0.3) is 0 Å². The molecule has 0 saturated carbocycles. The summed E-state index contributed by atoms with van der Waals surface area (Å²) in [7, 11) is -3.05. The van der Waals surface area contributed by atoms with Gasteiger partial charge < -0.3 is 0 Å². The van der Waals surface area contributed by atoms with Crippen LogP contribution in [0.5, 0.6) is 0 Å². The third-order valence-electron chi connectivity index (χ3n) is 3.06. The molecule has 0 aromatic rings. The Morgan fingerprint density at radius 2 is 2.18 bits per heavy atom. The van der Waals surface area contributed by atoms with Gasteiger partial charge in [0.1, 0.15) is 0 Å². The van der Waals surface area contributed by atoms with Crippen LogP contribution >= 0.6 is 11.8 Å². The Morgan fingerprint density at radius 1 is 1.41 bits per heavy atom. The van der Waals surface area contributed by atoms with Gasteiger partial charge in [-0.1, -0.05) is 13.3 Å². The van der Waals surface area contributed by atoms with Gasteiger partial charge in [0.05, 0.1) is 6.26 Å². The fourth-order valence-electron chi connectivity index (χ4n) is 2.16. The maximum atomic E-state index is 11.1. The minimum Gasteiger partial charge on any atom is -0.298 e. The van der Waals surface area contributed by atoms with Crippen molar-refractivity contribution in [1.29, 1.82) is 0 Å². The van der Waals surface area contributed by atoms with Crippen LogP contribution in [0.25, 0.3) is 0 Å². The summed E-state index contributed by atoms with van der Waals surface area (Å²) in [5.41, 5.74) is 0. The number of thioether (sulfide) groups is 1. The summed E-state index contributed by atoms with van der Waals surface area (Å²) in [5.74, 6) is 2.30. The van der Waals surface area contributed by atoms with Crippen molar-refractivity contribution in [2.45, 2.75) is 32.2 Å². The van der Waals surface area contributed by atoms with Crippen molar-refractivity contribution in [3.8, 4) is 0 Å². The number of rotatable bonds is 7. The molecule has 0 aromatic carbocycles. The summed E-state index contributed by atoms with van der Waals surface area (Å²) in [6, 6.07) is 0.385. The lowest BCUT2D eigenvalue weighted by Crippen LogP contribution is -2.47. The van der Waals surface area contributed by atoms with Crippen molar-refractivity contribution in [2.75, 3.05) is 37.4 Å². The summed E-state index contributed by atoms with van der Waals surface area (Å²) in [6.07, 6.45) is 4.80. The Labute approximate surface area is 110 Å². The van der Waals surface area contributed by atoms with Gasteiger partial charge in [-0.25, -0.2) is 13.1 Å². The molecule has 1 heterocycles. The average molecular weight is 280 g/mol. The Morgan fingerprint density at radius 3 is 2.82 bits per heavy atom. The molecule has 1 aliphatic heterocycles. The second kappa shape index (κ2) is 7.61. The van der Waals surface area contributed by atoms with E-state index < -0.39 is 10.0 Å². The summed E-state index contributed by atoms with van der Waals surface area (Å²) in [6.45, 7) is 4.92. The molecule has 1 fully saturated rings. The lowest BCUT2D eigenvalue weighted by atomic mass is 10.0. The van der Waals surface area contributed by atoms with Crippen molar-refractivity contribution >= 4 is 21.8 Å². The van der Waals surface area contributed by atoms with Crippen LogP contribution in [0.2, 0.25) is 0 Å². The van der Waals surface area contributed by atoms with Gasteiger partial charge >= 0.3 is 0 Å². The van der Waals surface area contributed by atoms with Gasteiger partial charge in [0.2, 0.25) is 10.0 Å². The molecule has 17 heavy (non-hydrogen) atoms. The van der Waals surface area contributed by atoms with Crippen LogP contribution in [-0.4, -0.2) is 56.8 Å². The van der Waals surface area contributed by atoms with Gasteiger partial charge in [-0.3, -0.25) is 4.90 Å². The Bertz CT molecular complexity index is 307. The van der Waals surface area contributed by atoms with Crippen molar-refractivity contribution in [2.24, 2.45) is 0 Å². The van der Waals surface area contributed by atoms with Crippen LogP contribution in [0.4, 0.5) is 0 Å². The predicted molar refractivity (Wildman–Crippen MR) is 75.1 cm³/mol. The second-order valence-electron chi connectivity index (χ2n) is 4.50. The summed E-state index contributed by atoms with van der Waals surface area (Å²) < 4.78 is 24.9. The maximum Gasteiger partial charge on any atom is 0.208 e. The number of nitrogens with zero attached hydrogens (tertiary/aromatic N) is 1. The molecule has 1 aliphatic rings. The lowest BCUT2D eigenvalue weighted by Gasteiger charge is -2.35. The Hall–Kier alpha value is 0.220. The number of sulfonamides is 1. The topological polar surface area (TPSA) is 49.4 Å². The monoisotopic (exact) mass is 280 g/mol. The van der Waals surface area contributed by atoms with E-state index in [1.807, 2.05) is 11.8 Å².